The smallest absolute Gasteiger partial charge is 0.334 e. The van der Waals surface area contributed by atoms with E-state index in [1.165, 1.54) is 7.11 Å². The van der Waals surface area contributed by atoms with Crippen LogP contribution < -0.4 is 0 Å². The van der Waals surface area contributed by atoms with Gasteiger partial charge in [0, 0.05) is 34.2 Å². The first-order valence-corrected chi connectivity index (χ1v) is 17.9. The molecule has 0 aromatic heterocycles. The van der Waals surface area contributed by atoms with Gasteiger partial charge in [-0.05, 0) is 36.5 Å². The summed E-state index contributed by atoms with van der Waals surface area (Å²) in [5.74, 6) is -1.10. The molecule has 234 valence electrons. The van der Waals surface area contributed by atoms with Crippen molar-refractivity contribution in [1.82, 2.24) is 0 Å². The number of carbonyl (C=O) groups excluding carboxylic acids is 1. The van der Waals surface area contributed by atoms with Crippen LogP contribution in [0.1, 0.15) is 53.4 Å². The van der Waals surface area contributed by atoms with Crippen molar-refractivity contribution in [2.24, 2.45) is 4.99 Å². The second-order valence-electron chi connectivity index (χ2n) is 12.1. The molecule has 9 nitrogen and oxygen atoms in total. The molecular formula is C30H50BrNO8Si. The molecule has 1 saturated heterocycles. The highest BCUT2D eigenvalue weighted by atomic mass is 79.9. The van der Waals surface area contributed by atoms with Crippen LogP contribution >= 0.6 is 15.9 Å². The molecule has 2 aliphatic rings. The third-order valence-corrected chi connectivity index (χ3v) is 12.9. The molecule has 0 unspecified atom stereocenters. The maximum absolute atomic E-state index is 12.0. The summed E-state index contributed by atoms with van der Waals surface area (Å²) in [4.78, 5) is 18.3. The number of aliphatic imine (C=N–C) groups is 1. The summed E-state index contributed by atoms with van der Waals surface area (Å²) in [7, 11) is 4.15. The number of esters is 1. The normalized spacial score (nSPS) is 27.6. The summed E-state index contributed by atoms with van der Waals surface area (Å²) in [6.07, 6.45) is 9.45. The van der Waals surface area contributed by atoms with E-state index in [4.69, 9.17) is 32.8 Å². The quantitative estimate of drug-likeness (QED) is 0.126. The van der Waals surface area contributed by atoms with Gasteiger partial charge in [-0.3, -0.25) is 0 Å². The van der Waals surface area contributed by atoms with E-state index in [-0.39, 0.29) is 42.5 Å². The lowest BCUT2D eigenvalue weighted by Crippen LogP contribution is -2.55. The largest absolute Gasteiger partial charge is 0.478 e. The minimum Gasteiger partial charge on any atom is -0.478 e. The summed E-state index contributed by atoms with van der Waals surface area (Å²) in [6.45, 7) is 13.3. The standard InChI is InChI=1S/C30H50BrNO8Si/c1-21(13-14-22(34-5)12-11-15-31)16-26(40-41(9,10)29(2,3)4)25-17-23(35-6)18-30(37-8,39-25)19-27-32-24(20-38-27)28(33)36-7/h11,13-16,22-26H,12,17-20H2,1-10H3/b14-13+,15-11+,21-16+/t22-,23-,24-,25-,26-,30+/m1/s1. The number of halogens is 1. The number of hydrogen-bond acceptors (Lipinski definition) is 9. The predicted molar refractivity (Wildman–Crippen MR) is 167 cm³/mol. The van der Waals surface area contributed by atoms with Crippen LogP contribution in [0.25, 0.3) is 0 Å². The van der Waals surface area contributed by atoms with Crippen molar-refractivity contribution >= 4 is 36.1 Å². The molecule has 2 aliphatic heterocycles. The van der Waals surface area contributed by atoms with Crippen molar-refractivity contribution in [1.29, 1.82) is 0 Å². The number of hydrogen-bond donors (Lipinski definition) is 0. The van der Waals surface area contributed by atoms with E-state index >= 15 is 0 Å². The van der Waals surface area contributed by atoms with E-state index < -0.39 is 26.1 Å². The second-order valence-corrected chi connectivity index (χ2v) is 17.4. The van der Waals surface area contributed by atoms with Gasteiger partial charge in [0.1, 0.15) is 6.61 Å². The van der Waals surface area contributed by atoms with E-state index in [1.807, 2.05) is 11.1 Å². The Morgan fingerprint density at radius 3 is 2.51 bits per heavy atom. The molecule has 0 amide bonds. The maximum Gasteiger partial charge on any atom is 0.334 e. The fourth-order valence-corrected chi connectivity index (χ4v) is 5.98. The minimum absolute atomic E-state index is 0.00498. The molecule has 0 spiro atoms. The molecule has 6 atom stereocenters. The molecule has 0 bridgehead atoms. The number of ether oxygens (including phenoxy) is 6. The Kier molecular flexibility index (Phi) is 13.9. The van der Waals surface area contributed by atoms with Crippen molar-refractivity contribution < 1.29 is 37.6 Å². The Bertz CT molecular complexity index is 976. The van der Waals surface area contributed by atoms with Gasteiger partial charge in [0.25, 0.3) is 0 Å². The zero-order valence-corrected chi connectivity index (χ0v) is 29.0. The Hall–Kier alpha value is -1.34. The highest BCUT2D eigenvalue weighted by molar-refractivity contribution is 9.11. The first-order chi connectivity index (χ1) is 19.2. The van der Waals surface area contributed by atoms with Crippen LogP contribution in [0.2, 0.25) is 18.1 Å². The van der Waals surface area contributed by atoms with Crippen LogP contribution in [-0.2, 0) is 37.6 Å². The summed E-state index contributed by atoms with van der Waals surface area (Å²) in [5.41, 5.74) is 1.04. The Morgan fingerprint density at radius 2 is 1.95 bits per heavy atom. The first-order valence-electron chi connectivity index (χ1n) is 14.1. The Balaban J connectivity index is 2.42. The van der Waals surface area contributed by atoms with Crippen molar-refractivity contribution in [3.63, 3.8) is 0 Å². The van der Waals surface area contributed by atoms with Gasteiger partial charge >= 0.3 is 5.97 Å². The van der Waals surface area contributed by atoms with Crippen molar-refractivity contribution in [2.45, 2.75) is 108 Å². The topological polar surface area (TPSA) is 94.0 Å². The molecule has 0 saturated carbocycles. The van der Waals surface area contributed by atoms with Gasteiger partial charge in [-0.2, -0.15) is 0 Å². The van der Waals surface area contributed by atoms with Crippen molar-refractivity contribution in [3.05, 3.63) is 34.9 Å². The van der Waals surface area contributed by atoms with Gasteiger partial charge in [-0.15, -0.1) is 0 Å². The molecule has 1 fully saturated rings. The average Bonchev–Trinajstić information content (AvgIpc) is 3.39. The average molecular weight is 661 g/mol. The van der Waals surface area contributed by atoms with Gasteiger partial charge in [-0.25, -0.2) is 9.79 Å². The number of methoxy groups -OCH3 is 4. The number of rotatable bonds is 14. The molecule has 2 heterocycles. The maximum atomic E-state index is 12.0. The lowest BCUT2D eigenvalue weighted by atomic mass is 9.92. The molecule has 0 aliphatic carbocycles. The summed E-state index contributed by atoms with van der Waals surface area (Å²) < 4.78 is 41.8. The second kappa shape index (κ2) is 15.9. The van der Waals surface area contributed by atoms with Gasteiger partial charge < -0.3 is 32.8 Å². The molecule has 11 heteroatoms. The highest BCUT2D eigenvalue weighted by Crippen LogP contribution is 2.41. The van der Waals surface area contributed by atoms with Crippen LogP contribution in [0.3, 0.4) is 0 Å². The molecular weight excluding hydrogens is 610 g/mol. The SMILES string of the molecule is COC(=O)[C@H]1COC(C[C@]2(OC)C[C@H](OC)C[C@H]([C@@H](/C=C(C)/C=C/[C@@H](C/C=C/Br)OC)O[Si](C)(C)C(C)(C)C)O2)=N1. The van der Waals surface area contributed by atoms with E-state index in [1.54, 1.807) is 21.3 Å². The third kappa shape index (κ3) is 10.4. The van der Waals surface area contributed by atoms with E-state index in [0.29, 0.717) is 18.7 Å². The van der Waals surface area contributed by atoms with Gasteiger partial charge in [-0.1, -0.05) is 66.6 Å². The summed E-state index contributed by atoms with van der Waals surface area (Å²) in [6, 6.07) is -0.686. The molecule has 41 heavy (non-hydrogen) atoms. The van der Waals surface area contributed by atoms with Crippen LogP contribution in [0.15, 0.2) is 39.9 Å². The molecule has 0 aromatic carbocycles. The van der Waals surface area contributed by atoms with Crippen molar-refractivity contribution in [3.8, 4) is 0 Å². The number of allylic oxidation sites excluding steroid dienone is 2. The number of nitrogens with zero attached hydrogens (tertiary/aromatic N) is 1. The molecule has 2 rings (SSSR count). The third-order valence-electron chi connectivity index (χ3n) is 8.07. The first kappa shape index (κ1) is 35.9. The highest BCUT2D eigenvalue weighted by Gasteiger charge is 2.48. The molecule has 0 aromatic rings. The monoisotopic (exact) mass is 659 g/mol. The lowest BCUT2D eigenvalue weighted by molar-refractivity contribution is -0.293. The fraction of sp³-hybridized carbons (Fsp3) is 0.733. The Labute approximate surface area is 255 Å². The lowest BCUT2D eigenvalue weighted by Gasteiger charge is -2.47. The number of carbonyl (C=O) groups is 1. The van der Waals surface area contributed by atoms with Crippen LogP contribution in [0, 0.1) is 0 Å². The van der Waals surface area contributed by atoms with Gasteiger partial charge in [0.15, 0.2) is 26.0 Å². The van der Waals surface area contributed by atoms with E-state index in [2.05, 4.69) is 79.9 Å². The zero-order chi connectivity index (χ0) is 30.8. The van der Waals surface area contributed by atoms with Crippen LogP contribution in [0.4, 0.5) is 0 Å². The predicted octanol–water partition coefficient (Wildman–Crippen LogP) is 6.09. The van der Waals surface area contributed by atoms with Gasteiger partial charge in [0.05, 0.1) is 37.9 Å². The van der Waals surface area contributed by atoms with Gasteiger partial charge in [0.2, 0.25) is 0 Å². The summed E-state index contributed by atoms with van der Waals surface area (Å²) >= 11 is 3.32. The van der Waals surface area contributed by atoms with E-state index in [0.717, 1.165) is 12.0 Å². The molecule has 0 radical (unpaired) electrons. The van der Waals surface area contributed by atoms with Crippen molar-refractivity contribution in [2.75, 3.05) is 35.0 Å². The molecule has 0 N–H and O–H groups in total. The van der Waals surface area contributed by atoms with Crippen LogP contribution in [-0.4, -0.2) is 91.5 Å². The Morgan fingerprint density at radius 1 is 1.24 bits per heavy atom. The van der Waals surface area contributed by atoms with Crippen LogP contribution in [0.5, 0.6) is 0 Å². The fourth-order valence-electron chi connectivity index (χ4n) is 4.51. The zero-order valence-electron chi connectivity index (χ0n) is 26.4. The van der Waals surface area contributed by atoms with E-state index in [9.17, 15) is 4.79 Å². The summed E-state index contributed by atoms with van der Waals surface area (Å²) in [5, 5.41) is -0.00498. The minimum atomic E-state index is -2.21.